The maximum Gasteiger partial charge on any atom is 0.250 e. The van der Waals surface area contributed by atoms with Gasteiger partial charge in [-0.05, 0) is 47.5 Å². The number of sulfonamides is 1. The van der Waals surface area contributed by atoms with Crippen molar-refractivity contribution in [2.24, 2.45) is 0 Å². The summed E-state index contributed by atoms with van der Waals surface area (Å²) in [6, 6.07) is 5.24. The van der Waals surface area contributed by atoms with Crippen molar-refractivity contribution in [3.63, 3.8) is 0 Å². The second kappa shape index (κ2) is 6.17. The third-order valence-corrected chi connectivity index (χ3v) is 6.16. The van der Waals surface area contributed by atoms with Gasteiger partial charge in [-0.25, -0.2) is 13.1 Å². The number of aryl methyl sites for hydroxylation is 2. The van der Waals surface area contributed by atoms with Gasteiger partial charge in [-0.15, -0.1) is 11.3 Å². The molecular weight excluding hydrogens is 350 g/mol. The molecule has 0 atom stereocenters. The molecule has 104 valence electrons. The molecule has 2 rings (SSSR count). The van der Waals surface area contributed by atoms with Gasteiger partial charge in [0.1, 0.15) is 4.21 Å². The minimum Gasteiger partial charge on any atom is -0.270 e. The normalized spacial score (nSPS) is 11.9. The third-order valence-electron chi connectivity index (χ3n) is 2.58. The van der Waals surface area contributed by atoms with Crippen LogP contribution in [-0.4, -0.2) is 24.7 Å². The maximum atomic E-state index is 11.9. The van der Waals surface area contributed by atoms with Crippen molar-refractivity contribution in [3.05, 3.63) is 33.9 Å². The number of rotatable bonds is 6. The summed E-state index contributed by atoms with van der Waals surface area (Å²) < 4.78 is 29.4. The van der Waals surface area contributed by atoms with Crippen molar-refractivity contribution in [2.75, 3.05) is 6.54 Å². The Kier molecular flexibility index (Phi) is 4.77. The molecule has 2 heterocycles. The van der Waals surface area contributed by atoms with Crippen LogP contribution in [0.15, 0.2) is 32.4 Å². The van der Waals surface area contributed by atoms with Gasteiger partial charge in [0.2, 0.25) is 10.0 Å². The van der Waals surface area contributed by atoms with Crippen LogP contribution in [0.25, 0.3) is 0 Å². The summed E-state index contributed by atoms with van der Waals surface area (Å²) in [4.78, 5) is 0. The van der Waals surface area contributed by atoms with Crippen molar-refractivity contribution in [1.29, 1.82) is 0 Å². The van der Waals surface area contributed by atoms with Crippen molar-refractivity contribution in [2.45, 2.75) is 24.1 Å². The summed E-state index contributed by atoms with van der Waals surface area (Å²) in [5, 5.41) is 4.15. The first-order chi connectivity index (χ1) is 8.99. The Morgan fingerprint density at radius 2 is 2.21 bits per heavy atom. The lowest BCUT2D eigenvalue weighted by Gasteiger charge is -2.06. The fraction of sp³-hybridized carbons (Fsp3) is 0.364. The van der Waals surface area contributed by atoms with Gasteiger partial charge in [0.15, 0.2) is 0 Å². The van der Waals surface area contributed by atoms with Crippen LogP contribution in [0.4, 0.5) is 0 Å². The minimum absolute atomic E-state index is 0.328. The topological polar surface area (TPSA) is 64.0 Å². The van der Waals surface area contributed by atoms with Crippen LogP contribution in [0.1, 0.15) is 12.1 Å². The number of nitrogens with zero attached hydrogens (tertiary/aromatic N) is 2. The highest BCUT2D eigenvalue weighted by atomic mass is 79.9. The van der Waals surface area contributed by atoms with Gasteiger partial charge in [-0.1, -0.05) is 0 Å². The molecule has 0 fully saturated rings. The van der Waals surface area contributed by atoms with E-state index in [0.29, 0.717) is 23.7 Å². The van der Waals surface area contributed by atoms with Crippen LogP contribution in [0.5, 0.6) is 0 Å². The Bertz CT molecular complexity index is 648. The van der Waals surface area contributed by atoms with Crippen molar-refractivity contribution in [1.82, 2.24) is 14.5 Å². The van der Waals surface area contributed by atoms with Crippen LogP contribution in [0, 0.1) is 6.92 Å². The van der Waals surface area contributed by atoms with Gasteiger partial charge in [-0.2, -0.15) is 5.10 Å². The first kappa shape index (κ1) is 14.7. The largest absolute Gasteiger partial charge is 0.270 e. The number of thiophene rings is 1. The SMILES string of the molecule is Cc1ccnn1CCCNS(=O)(=O)c1ccc(Br)s1. The zero-order valence-electron chi connectivity index (χ0n) is 10.3. The van der Waals surface area contributed by atoms with E-state index in [2.05, 4.69) is 25.8 Å². The zero-order chi connectivity index (χ0) is 13.9. The Labute approximate surface area is 124 Å². The molecule has 8 heteroatoms. The standard InChI is InChI=1S/C11H14BrN3O2S2/c1-9-5-7-13-15(9)8-2-6-14-19(16,17)11-4-3-10(12)18-11/h3-5,7,14H,2,6,8H2,1H3. The van der Waals surface area contributed by atoms with E-state index in [1.165, 1.54) is 11.3 Å². The van der Waals surface area contributed by atoms with Crippen LogP contribution in [-0.2, 0) is 16.6 Å². The highest BCUT2D eigenvalue weighted by molar-refractivity contribution is 9.11. The predicted octanol–water partition coefficient (Wildman–Crippen LogP) is 2.38. The van der Waals surface area contributed by atoms with Gasteiger partial charge in [0, 0.05) is 25.0 Å². The van der Waals surface area contributed by atoms with Gasteiger partial charge >= 0.3 is 0 Å². The molecule has 0 bridgehead atoms. The summed E-state index contributed by atoms with van der Waals surface area (Å²) in [5.41, 5.74) is 1.07. The zero-order valence-corrected chi connectivity index (χ0v) is 13.6. The second-order valence-electron chi connectivity index (χ2n) is 4.01. The van der Waals surface area contributed by atoms with E-state index in [-0.39, 0.29) is 0 Å². The molecule has 2 aromatic heterocycles. The summed E-state index contributed by atoms with van der Waals surface area (Å²) >= 11 is 4.46. The molecule has 2 aromatic rings. The number of hydrogen-bond acceptors (Lipinski definition) is 4. The fourth-order valence-corrected chi connectivity index (χ4v) is 4.71. The molecule has 0 unspecified atom stereocenters. The van der Waals surface area contributed by atoms with E-state index in [9.17, 15) is 8.42 Å². The fourth-order valence-electron chi connectivity index (χ4n) is 1.58. The molecule has 0 aliphatic carbocycles. The van der Waals surface area contributed by atoms with Gasteiger partial charge in [0.05, 0.1) is 3.79 Å². The monoisotopic (exact) mass is 363 g/mol. The molecule has 0 saturated heterocycles. The van der Waals surface area contributed by atoms with E-state index in [1.807, 2.05) is 17.7 Å². The molecule has 0 aliphatic rings. The van der Waals surface area contributed by atoms with E-state index < -0.39 is 10.0 Å². The Balaban J connectivity index is 1.84. The molecule has 1 N–H and O–H groups in total. The van der Waals surface area contributed by atoms with Crippen molar-refractivity contribution in [3.8, 4) is 0 Å². The molecule has 19 heavy (non-hydrogen) atoms. The molecule has 0 amide bonds. The molecule has 0 saturated carbocycles. The van der Waals surface area contributed by atoms with E-state index in [4.69, 9.17) is 0 Å². The predicted molar refractivity (Wildman–Crippen MR) is 78.8 cm³/mol. The Morgan fingerprint density at radius 1 is 1.42 bits per heavy atom. The van der Waals surface area contributed by atoms with E-state index in [0.717, 1.165) is 9.48 Å². The molecule has 0 radical (unpaired) electrons. The molecule has 0 aliphatic heterocycles. The second-order valence-corrected chi connectivity index (χ2v) is 8.46. The molecule has 0 spiro atoms. The summed E-state index contributed by atoms with van der Waals surface area (Å²) in [5.74, 6) is 0. The average molecular weight is 364 g/mol. The van der Waals surface area contributed by atoms with Gasteiger partial charge < -0.3 is 0 Å². The lowest BCUT2D eigenvalue weighted by molar-refractivity contribution is 0.547. The quantitative estimate of drug-likeness (QED) is 0.801. The van der Waals surface area contributed by atoms with E-state index >= 15 is 0 Å². The van der Waals surface area contributed by atoms with Crippen LogP contribution >= 0.6 is 27.3 Å². The highest BCUT2D eigenvalue weighted by Crippen LogP contribution is 2.25. The number of halogens is 1. The first-order valence-electron chi connectivity index (χ1n) is 5.72. The summed E-state index contributed by atoms with van der Waals surface area (Å²) in [6.45, 7) is 3.08. The maximum absolute atomic E-state index is 11.9. The third kappa shape index (κ3) is 3.88. The average Bonchev–Trinajstić information content (AvgIpc) is 2.94. The molecule has 5 nitrogen and oxygen atoms in total. The van der Waals surface area contributed by atoms with Crippen molar-refractivity contribution < 1.29 is 8.42 Å². The number of hydrogen-bond donors (Lipinski definition) is 1. The van der Waals surface area contributed by atoms with Crippen LogP contribution in [0.3, 0.4) is 0 Å². The smallest absolute Gasteiger partial charge is 0.250 e. The van der Waals surface area contributed by atoms with Crippen LogP contribution in [0.2, 0.25) is 0 Å². The van der Waals surface area contributed by atoms with Crippen molar-refractivity contribution >= 4 is 37.3 Å². The van der Waals surface area contributed by atoms with Gasteiger partial charge in [-0.3, -0.25) is 4.68 Å². The summed E-state index contributed by atoms with van der Waals surface area (Å²) in [7, 11) is -3.38. The number of aromatic nitrogens is 2. The van der Waals surface area contributed by atoms with E-state index in [1.54, 1.807) is 18.3 Å². The van der Waals surface area contributed by atoms with Crippen LogP contribution < -0.4 is 4.72 Å². The first-order valence-corrected chi connectivity index (χ1v) is 8.82. The molecular formula is C11H14BrN3O2S2. The Hall–Kier alpha value is -0.700. The lowest BCUT2D eigenvalue weighted by atomic mass is 10.4. The highest BCUT2D eigenvalue weighted by Gasteiger charge is 2.15. The molecule has 0 aromatic carbocycles. The lowest BCUT2D eigenvalue weighted by Crippen LogP contribution is -2.25. The Morgan fingerprint density at radius 3 is 2.79 bits per heavy atom. The number of nitrogens with one attached hydrogen (secondary N) is 1. The minimum atomic E-state index is -3.38. The van der Waals surface area contributed by atoms with Gasteiger partial charge in [0.25, 0.3) is 0 Å². The summed E-state index contributed by atoms with van der Waals surface area (Å²) in [6.07, 6.45) is 2.44.